The molecule has 1 atom stereocenters. The lowest BCUT2D eigenvalue weighted by Crippen LogP contribution is -2.25. The Morgan fingerprint density at radius 2 is 1.57 bits per heavy atom. The molecule has 0 aromatic heterocycles. The van der Waals surface area contributed by atoms with Crippen LogP contribution in [0.4, 0.5) is 4.39 Å². The highest BCUT2D eigenvalue weighted by Gasteiger charge is 2.26. The first-order chi connectivity index (χ1) is 6.68. The van der Waals surface area contributed by atoms with E-state index in [4.69, 9.17) is 0 Å². The molecule has 0 aliphatic carbocycles. The summed E-state index contributed by atoms with van der Waals surface area (Å²) in [5.74, 6) is 0. The van der Waals surface area contributed by atoms with Gasteiger partial charge in [0.25, 0.3) is 0 Å². The Hall–Kier alpha value is -0.110. The Morgan fingerprint density at radius 3 is 2.07 bits per heavy atom. The van der Waals surface area contributed by atoms with Crippen molar-refractivity contribution >= 4 is 0 Å². The van der Waals surface area contributed by atoms with E-state index in [2.05, 4.69) is 6.92 Å². The summed E-state index contributed by atoms with van der Waals surface area (Å²) in [6.07, 6.45) is 7.72. The molecular weight excluding hydrogens is 179 g/mol. The van der Waals surface area contributed by atoms with Gasteiger partial charge in [-0.3, -0.25) is 0 Å². The van der Waals surface area contributed by atoms with Gasteiger partial charge in [-0.2, -0.15) is 0 Å². The van der Waals surface area contributed by atoms with E-state index in [1.165, 1.54) is 25.7 Å². The van der Waals surface area contributed by atoms with E-state index < -0.39 is 12.3 Å². The summed E-state index contributed by atoms with van der Waals surface area (Å²) >= 11 is 0. The average Bonchev–Trinajstić information content (AvgIpc) is 2.23. The fourth-order valence-corrected chi connectivity index (χ4v) is 1.57. The molecule has 0 N–H and O–H groups in total. The Kier molecular flexibility index (Phi) is 8.15. The highest BCUT2D eigenvalue weighted by atomic mass is 19.1. The fraction of sp³-hybridized carbons (Fsp3) is 1.00. The molecule has 1 nitrogen and oxygen atoms in total. The molecule has 85 valence electrons. The predicted molar refractivity (Wildman–Crippen MR) is 57.7 cm³/mol. The molecule has 0 saturated heterocycles. The van der Waals surface area contributed by atoms with Crippen molar-refractivity contribution in [1.82, 2.24) is 0 Å². The molecule has 0 saturated carbocycles. The normalized spacial score (nSPS) is 15.4. The molecule has 0 spiro atoms. The van der Waals surface area contributed by atoms with Gasteiger partial charge in [-0.1, -0.05) is 52.4 Å². The van der Waals surface area contributed by atoms with Crippen LogP contribution in [0, 0.1) is 0 Å². The number of alkyl halides is 1. The van der Waals surface area contributed by atoms with Gasteiger partial charge in [0.15, 0.2) is 0 Å². The predicted octanol–water partition coefficient (Wildman–Crippen LogP) is 4.29. The molecule has 14 heavy (non-hydrogen) atoms. The monoisotopic (exact) mass is 203 g/mol. The van der Waals surface area contributed by atoms with E-state index in [0.717, 1.165) is 12.8 Å². The Bertz CT molecular complexity index is 121. The van der Waals surface area contributed by atoms with Crippen LogP contribution in [0.5, 0.6) is 0 Å². The van der Waals surface area contributed by atoms with E-state index >= 15 is 0 Å². The largest absolute Gasteiger partial charge is 0.241 e. The summed E-state index contributed by atoms with van der Waals surface area (Å²) in [7, 11) is 0. The summed E-state index contributed by atoms with van der Waals surface area (Å²) in [5, 5.41) is 10.6. The maximum atomic E-state index is 13.5. The lowest BCUT2D eigenvalue weighted by atomic mass is 9.96. The van der Waals surface area contributed by atoms with Crippen molar-refractivity contribution in [3.05, 3.63) is 0 Å². The van der Waals surface area contributed by atoms with Crippen LogP contribution >= 0.6 is 0 Å². The molecule has 1 radical (unpaired) electrons. The highest BCUT2D eigenvalue weighted by molar-refractivity contribution is 4.75. The first-order valence-electron chi connectivity index (χ1n) is 5.95. The number of halogens is 1. The molecule has 2 heteroatoms. The second-order valence-corrected chi connectivity index (χ2v) is 4.17. The third-order valence-electron chi connectivity index (χ3n) is 2.87. The summed E-state index contributed by atoms with van der Waals surface area (Å²) < 4.78 is 13.5. The van der Waals surface area contributed by atoms with Gasteiger partial charge in [-0.25, -0.2) is 9.50 Å². The minimum absolute atomic E-state index is 0.367. The molecule has 0 aliphatic heterocycles. The van der Waals surface area contributed by atoms with Crippen LogP contribution in [-0.2, 0) is 5.11 Å². The summed E-state index contributed by atoms with van der Waals surface area (Å²) in [6, 6.07) is 0. The van der Waals surface area contributed by atoms with Gasteiger partial charge in [0.2, 0.25) is 0 Å². The van der Waals surface area contributed by atoms with Gasteiger partial charge in [0.1, 0.15) is 12.3 Å². The third-order valence-corrected chi connectivity index (χ3v) is 2.87. The van der Waals surface area contributed by atoms with Crippen molar-refractivity contribution in [2.75, 3.05) is 6.61 Å². The minimum Gasteiger partial charge on any atom is -0.241 e. The van der Waals surface area contributed by atoms with Crippen molar-refractivity contribution in [3.8, 4) is 0 Å². The van der Waals surface area contributed by atoms with Crippen LogP contribution in [0.15, 0.2) is 0 Å². The van der Waals surface area contributed by atoms with Crippen molar-refractivity contribution in [2.24, 2.45) is 0 Å². The fourth-order valence-electron chi connectivity index (χ4n) is 1.57. The second kappa shape index (κ2) is 8.22. The van der Waals surface area contributed by atoms with Crippen molar-refractivity contribution < 1.29 is 9.50 Å². The second-order valence-electron chi connectivity index (χ2n) is 4.17. The first kappa shape index (κ1) is 13.9. The van der Waals surface area contributed by atoms with E-state index in [1.807, 2.05) is 0 Å². The Morgan fingerprint density at radius 1 is 1.00 bits per heavy atom. The van der Waals surface area contributed by atoms with Gasteiger partial charge in [0, 0.05) is 0 Å². The van der Waals surface area contributed by atoms with E-state index in [9.17, 15) is 9.50 Å². The smallest absolute Gasteiger partial charge is 0.137 e. The molecule has 0 amide bonds. The third kappa shape index (κ3) is 6.36. The molecule has 0 heterocycles. The zero-order valence-electron chi connectivity index (χ0n) is 9.65. The van der Waals surface area contributed by atoms with E-state index in [0.29, 0.717) is 12.8 Å². The minimum atomic E-state index is -1.43. The zero-order valence-corrected chi connectivity index (χ0v) is 9.65. The molecule has 0 rings (SSSR count). The van der Waals surface area contributed by atoms with Crippen molar-refractivity contribution in [1.29, 1.82) is 0 Å². The van der Waals surface area contributed by atoms with Gasteiger partial charge in [-0.05, 0) is 12.8 Å². The van der Waals surface area contributed by atoms with Crippen molar-refractivity contribution in [3.63, 3.8) is 0 Å². The lowest BCUT2D eigenvalue weighted by molar-refractivity contribution is 0.0195. The molecule has 0 aromatic carbocycles. The first-order valence-corrected chi connectivity index (χ1v) is 5.95. The van der Waals surface area contributed by atoms with Crippen LogP contribution in [0.25, 0.3) is 0 Å². The Labute approximate surface area is 87.7 Å². The standard InChI is InChI=1S/C12H24FO/c1-3-5-6-7-8-9-10-12(13,4-2)11-14/h3-11H2,1-2H3. The Balaban J connectivity index is 3.34. The van der Waals surface area contributed by atoms with Gasteiger partial charge in [-0.15, -0.1) is 0 Å². The summed E-state index contributed by atoms with van der Waals surface area (Å²) in [4.78, 5) is 0. The van der Waals surface area contributed by atoms with E-state index in [1.54, 1.807) is 6.92 Å². The van der Waals surface area contributed by atoms with Crippen LogP contribution < -0.4 is 0 Å². The SMILES string of the molecule is CCCCCCCCC(F)(CC)C[O]. The van der Waals surface area contributed by atoms with Gasteiger partial charge >= 0.3 is 0 Å². The van der Waals surface area contributed by atoms with Crippen LogP contribution in [0.3, 0.4) is 0 Å². The molecule has 0 bridgehead atoms. The number of unbranched alkanes of at least 4 members (excludes halogenated alkanes) is 5. The molecular formula is C12H24FO. The topological polar surface area (TPSA) is 19.9 Å². The van der Waals surface area contributed by atoms with Gasteiger partial charge < -0.3 is 0 Å². The number of rotatable bonds is 9. The number of hydrogen-bond donors (Lipinski definition) is 0. The maximum Gasteiger partial charge on any atom is 0.137 e. The summed E-state index contributed by atoms with van der Waals surface area (Å²) in [6.45, 7) is 3.37. The summed E-state index contributed by atoms with van der Waals surface area (Å²) in [5.41, 5.74) is -1.43. The number of hydrogen-bond acceptors (Lipinski definition) is 0. The molecule has 0 aliphatic rings. The quantitative estimate of drug-likeness (QED) is 0.498. The zero-order chi connectivity index (χ0) is 10.9. The van der Waals surface area contributed by atoms with E-state index in [-0.39, 0.29) is 0 Å². The van der Waals surface area contributed by atoms with Crippen LogP contribution in [0.1, 0.15) is 65.2 Å². The molecule has 1 unspecified atom stereocenters. The van der Waals surface area contributed by atoms with Crippen LogP contribution in [0.2, 0.25) is 0 Å². The van der Waals surface area contributed by atoms with Gasteiger partial charge in [0.05, 0.1) is 0 Å². The molecule has 0 aromatic rings. The highest BCUT2D eigenvalue weighted by Crippen LogP contribution is 2.23. The molecule has 0 fully saturated rings. The van der Waals surface area contributed by atoms with Crippen LogP contribution in [-0.4, -0.2) is 12.3 Å². The average molecular weight is 203 g/mol. The lowest BCUT2D eigenvalue weighted by Gasteiger charge is -2.19. The maximum absolute atomic E-state index is 13.5. The van der Waals surface area contributed by atoms with Crippen molar-refractivity contribution in [2.45, 2.75) is 70.9 Å².